The van der Waals surface area contributed by atoms with Crippen molar-refractivity contribution in [2.75, 3.05) is 12.8 Å². The Morgan fingerprint density at radius 1 is 1.38 bits per heavy atom. The number of methoxy groups -OCH3 is 1. The molecule has 1 aromatic carbocycles. The molecule has 7 heteroatoms. The lowest BCUT2D eigenvalue weighted by Gasteiger charge is -2.06. The molecule has 0 spiro atoms. The molecular formula is C9H11N5O2. The van der Waals surface area contributed by atoms with Crippen molar-refractivity contribution in [2.45, 2.75) is 0 Å². The zero-order chi connectivity index (χ0) is 11.7. The molecule has 0 amide bonds. The Morgan fingerprint density at radius 3 is 2.69 bits per heavy atom. The van der Waals surface area contributed by atoms with Crippen LogP contribution in [0.3, 0.4) is 0 Å². The Labute approximate surface area is 91.0 Å². The lowest BCUT2D eigenvalue weighted by molar-refractivity contribution is 0.411. The number of rotatable bonds is 2. The third-order valence-corrected chi connectivity index (χ3v) is 2.15. The molecule has 2 N–H and O–H groups in total. The molecule has 2 rings (SSSR count). The van der Waals surface area contributed by atoms with Gasteiger partial charge in [-0.2, -0.15) is 9.36 Å². The highest BCUT2D eigenvalue weighted by molar-refractivity contribution is 5.55. The molecule has 84 valence electrons. The Bertz CT molecular complexity index is 572. The number of tetrazole rings is 1. The van der Waals surface area contributed by atoms with Crippen molar-refractivity contribution in [3.8, 4) is 11.4 Å². The number of anilines is 1. The van der Waals surface area contributed by atoms with E-state index in [1.54, 1.807) is 18.2 Å². The van der Waals surface area contributed by atoms with Gasteiger partial charge in [-0.15, -0.1) is 0 Å². The van der Waals surface area contributed by atoms with Gasteiger partial charge in [0.1, 0.15) is 11.4 Å². The number of hydrogen-bond acceptors (Lipinski definition) is 5. The van der Waals surface area contributed by atoms with Gasteiger partial charge in [0.05, 0.1) is 7.11 Å². The van der Waals surface area contributed by atoms with Crippen LogP contribution < -0.4 is 16.2 Å². The molecule has 0 unspecified atom stereocenters. The van der Waals surface area contributed by atoms with E-state index in [4.69, 9.17) is 10.5 Å². The molecule has 7 nitrogen and oxygen atoms in total. The van der Waals surface area contributed by atoms with E-state index in [-0.39, 0.29) is 5.69 Å². The summed E-state index contributed by atoms with van der Waals surface area (Å²) < 4.78 is 7.41. The molecule has 1 aromatic heterocycles. The maximum Gasteiger partial charge on any atom is 0.368 e. The summed E-state index contributed by atoms with van der Waals surface area (Å²) in [5.74, 6) is 0.475. The standard InChI is InChI=1S/C9H11N5O2/c1-13-9(15)14(12-11-13)7-4-3-6(10)5-8(7)16-2/h3-5H,10H2,1-2H3. The van der Waals surface area contributed by atoms with Crippen LogP contribution in [0.15, 0.2) is 23.0 Å². The van der Waals surface area contributed by atoms with Crippen LogP contribution in [-0.2, 0) is 7.05 Å². The van der Waals surface area contributed by atoms with Gasteiger partial charge in [0.25, 0.3) is 0 Å². The number of aromatic nitrogens is 4. The maximum atomic E-state index is 11.6. The summed E-state index contributed by atoms with van der Waals surface area (Å²) in [6.45, 7) is 0. The van der Waals surface area contributed by atoms with Crippen molar-refractivity contribution in [3.63, 3.8) is 0 Å². The fourth-order valence-electron chi connectivity index (χ4n) is 1.33. The van der Waals surface area contributed by atoms with Gasteiger partial charge in [-0.1, -0.05) is 0 Å². The number of nitrogen functional groups attached to an aromatic ring is 1. The Kier molecular flexibility index (Phi) is 2.35. The topological polar surface area (TPSA) is 88.0 Å². The molecule has 1 heterocycles. The predicted molar refractivity (Wildman–Crippen MR) is 57.6 cm³/mol. The van der Waals surface area contributed by atoms with E-state index in [0.717, 1.165) is 9.36 Å². The van der Waals surface area contributed by atoms with Gasteiger partial charge in [-0.25, -0.2) is 4.79 Å². The van der Waals surface area contributed by atoms with Crippen LogP contribution in [-0.4, -0.2) is 26.9 Å². The molecule has 0 aliphatic carbocycles. The van der Waals surface area contributed by atoms with Crippen molar-refractivity contribution in [1.29, 1.82) is 0 Å². The first-order valence-corrected chi connectivity index (χ1v) is 4.56. The first-order valence-electron chi connectivity index (χ1n) is 4.56. The molecule has 0 fully saturated rings. The fourth-order valence-corrected chi connectivity index (χ4v) is 1.33. The van der Waals surface area contributed by atoms with E-state index >= 15 is 0 Å². The average molecular weight is 221 g/mol. The van der Waals surface area contributed by atoms with Crippen molar-refractivity contribution >= 4 is 5.69 Å². The fraction of sp³-hybridized carbons (Fsp3) is 0.222. The van der Waals surface area contributed by atoms with Crippen molar-refractivity contribution in [2.24, 2.45) is 7.05 Å². The third kappa shape index (κ3) is 1.52. The zero-order valence-electron chi connectivity index (χ0n) is 8.91. The van der Waals surface area contributed by atoms with Crippen LogP contribution in [0.25, 0.3) is 5.69 Å². The van der Waals surface area contributed by atoms with Gasteiger partial charge in [-0.3, -0.25) is 0 Å². The second-order valence-electron chi connectivity index (χ2n) is 3.23. The normalized spacial score (nSPS) is 10.4. The van der Waals surface area contributed by atoms with E-state index in [0.29, 0.717) is 17.1 Å². The van der Waals surface area contributed by atoms with Gasteiger partial charge in [0.2, 0.25) is 0 Å². The SMILES string of the molecule is COc1cc(N)ccc1-n1nnn(C)c1=O. The Hall–Kier alpha value is -2.31. The smallest absolute Gasteiger partial charge is 0.368 e. The van der Waals surface area contributed by atoms with Crippen LogP contribution in [0, 0.1) is 0 Å². The highest BCUT2D eigenvalue weighted by atomic mass is 16.5. The molecule has 0 aliphatic rings. The van der Waals surface area contributed by atoms with Gasteiger partial charge in [0, 0.05) is 18.8 Å². The number of aryl methyl sites for hydroxylation is 1. The van der Waals surface area contributed by atoms with E-state index < -0.39 is 0 Å². The number of ether oxygens (including phenoxy) is 1. The first-order chi connectivity index (χ1) is 7.63. The average Bonchev–Trinajstić information content (AvgIpc) is 2.60. The lowest BCUT2D eigenvalue weighted by Crippen LogP contribution is -2.22. The van der Waals surface area contributed by atoms with Crippen LogP contribution in [0.4, 0.5) is 5.69 Å². The maximum absolute atomic E-state index is 11.6. The zero-order valence-corrected chi connectivity index (χ0v) is 8.91. The van der Waals surface area contributed by atoms with Gasteiger partial charge in [0.15, 0.2) is 0 Å². The van der Waals surface area contributed by atoms with Crippen LogP contribution >= 0.6 is 0 Å². The van der Waals surface area contributed by atoms with Crippen molar-refractivity contribution < 1.29 is 4.74 Å². The lowest BCUT2D eigenvalue weighted by atomic mass is 10.2. The Balaban J connectivity index is 2.64. The molecule has 16 heavy (non-hydrogen) atoms. The largest absolute Gasteiger partial charge is 0.494 e. The van der Waals surface area contributed by atoms with E-state index in [2.05, 4.69) is 10.4 Å². The van der Waals surface area contributed by atoms with Crippen molar-refractivity contribution in [1.82, 2.24) is 19.8 Å². The van der Waals surface area contributed by atoms with Gasteiger partial charge < -0.3 is 10.5 Å². The van der Waals surface area contributed by atoms with E-state index in [1.165, 1.54) is 14.2 Å². The highest BCUT2D eigenvalue weighted by Gasteiger charge is 2.11. The van der Waals surface area contributed by atoms with Crippen LogP contribution in [0.1, 0.15) is 0 Å². The summed E-state index contributed by atoms with van der Waals surface area (Å²) in [5, 5.41) is 7.34. The summed E-state index contributed by atoms with van der Waals surface area (Å²) in [5.41, 5.74) is 6.33. The number of hydrogen-bond donors (Lipinski definition) is 1. The van der Waals surface area contributed by atoms with Gasteiger partial charge in [-0.05, 0) is 22.6 Å². The summed E-state index contributed by atoms with van der Waals surface area (Å²) in [4.78, 5) is 11.6. The summed E-state index contributed by atoms with van der Waals surface area (Å²) in [6, 6.07) is 4.94. The number of nitrogens with zero attached hydrogens (tertiary/aromatic N) is 4. The Morgan fingerprint density at radius 2 is 2.12 bits per heavy atom. The number of nitrogens with two attached hydrogens (primary N) is 1. The predicted octanol–water partition coefficient (Wildman–Crippen LogP) is -0.443. The minimum atomic E-state index is -0.344. The quantitative estimate of drug-likeness (QED) is 0.694. The molecule has 0 bridgehead atoms. The summed E-state index contributed by atoms with van der Waals surface area (Å²) in [7, 11) is 3.02. The minimum Gasteiger partial charge on any atom is -0.494 e. The summed E-state index contributed by atoms with van der Waals surface area (Å²) >= 11 is 0. The van der Waals surface area contributed by atoms with Crippen molar-refractivity contribution in [3.05, 3.63) is 28.7 Å². The molecule has 0 aliphatic heterocycles. The monoisotopic (exact) mass is 221 g/mol. The molecular weight excluding hydrogens is 210 g/mol. The second kappa shape index (κ2) is 3.69. The molecule has 0 saturated carbocycles. The van der Waals surface area contributed by atoms with Gasteiger partial charge >= 0.3 is 5.69 Å². The van der Waals surface area contributed by atoms with E-state index in [1.807, 2.05) is 0 Å². The number of benzene rings is 1. The molecule has 0 saturated heterocycles. The van der Waals surface area contributed by atoms with Crippen LogP contribution in [0.2, 0.25) is 0 Å². The second-order valence-corrected chi connectivity index (χ2v) is 3.23. The van der Waals surface area contributed by atoms with Crippen LogP contribution in [0.5, 0.6) is 5.75 Å². The molecule has 2 aromatic rings. The highest BCUT2D eigenvalue weighted by Crippen LogP contribution is 2.23. The third-order valence-electron chi connectivity index (χ3n) is 2.15. The summed E-state index contributed by atoms with van der Waals surface area (Å²) in [6.07, 6.45) is 0. The minimum absolute atomic E-state index is 0.344. The van der Waals surface area contributed by atoms with E-state index in [9.17, 15) is 4.79 Å². The molecule has 0 atom stereocenters. The molecule has 0 radical (unpaired) electrons. The first kappa shape index (κ1) is 10.2.